The number of nitrogens with one attached hydrogen (secondary N) is 2. The third kappa shape index (κ3) is 4.31. The molecule has 11 heteroatoms. The second-order valence-corrected chi connectivity index (χ2v) is 9.50. The van der Waals surface area contributed by atoms with Crippen molar-refractivity contribution in [2.45, 2.75) is 70.8 Å². The number of carbonyl (C=O) groups excluding carboxylic acids is 2. The average Bonchev–Trinajstić information content (AvgIpc) is 2.47. The summed E-state index contributed by atoms with van der Waals surface area (Å²) < 4.78 is 72.0. The molecular weight excluding hydrogens is 425 g/mol. The van der Waals surface area contributed by atoms with E-state index >= 15 is 0 Å². The minimum absolute atomic E-state index is 0.241. The van der Waals surface area contributed by atoms with E-state index in [-0.39, 0.29) is 25.0 Å². The average molecular weight is 449 g/mol. The molecule has 4 rings (SSSR count). The Morgan fingerprint density at radius 3 is 2.19 bits per heavy atom. The number of halogens is 5. The number of alkyl halides is 3. The van der Waals surface area contributed by atoms with Gasteiger partial charge in [-0.2, -0.15) is 13.2 Å². The maximum absolute atomic E-state index is 14.0. The van der Waals surface area contributed by atoms with E-state index in [2.05, 4.69) is 15.6 Å². The van der Waals surface area contributed by atoms with Gasteiger partial charge in [0.05, 0.1) is 23.3 Å². The van der Waals surface area contributed by atoms with Crippen LogP contribution in [0.4, 0.5) is 26.7 Å². The Morgan fingerprint density at radius 2 is 1.71 bits per heavy atom. The fourth-order valence-corrected chi connectivity index (χ4v) is 4.50. The summed E-state index contributed by atoms with van der Waals surface area (Å²) in [6.45, 7) is 6.20. The van der Waals surface area contributed by atoms with Crippen LogP contribution >= 0.6 is 0 Å². The lowest BCUT2D eigenvalue weighted by Gasteiger charge is -2.72. The predicted molar refractivity (Wildman–Crippen MR) is 98.6 cm³/mol. The van der Waals surface area contributed by atoms with Gasteiger partial charge in [0.1, 0.15) is 23.3 Å². The Labute approximate surface area is 175 Å². The van der Waals surface area contributed by atoms with Crippen LogP contribution in [0.1, 0.15) is 58.7 Å². The van der Waals surface area contributed by atoms with Crippen molar-refractivity contribution in [2.75, 3.05) is 0 Å². The lowest BCUT2D eigenvalue weighted by molar-refractivity contribution is -0.366. The summed E-state index contributed by atoms with van der Waals surface area (Å²) in [6, 6.07) is -1.71. The SMILES string of the molecule is C[C@@H](NC(=O)C(NC(=O)OC(C)(C)C)C12CC(C(F)(F)F)(C1)C2)c1ncc(F)cc1F. The Balaban J connectivity index is 1.76. The summed E-state index contributed by atoms with van der Waals surface area (Å²) in [5.74, 6) is -2.67. The first-order valence-corrected chi connectivity index (χ1v) is 9.75. The summed E-state index contributed by atoms with van der Waals surface area (Å²) >= 11 is 0. The molecule has 2 N–H and O–H groups in total. The number of nitrogens with zero attached hydrogens (tertiary/aromatic N) is 1. The normalized spacial score (nSPS) is 26.7. The second kappa shape index (κ2) is 7.30. The van der Waals surface area contributed by atoms with Crippen molar-refractivity contribution in [3.05, 3.63) is 29.6 Å². The molecule has 3 fully saturated rings. The molecule has 1 aromatic rings. The van der Waals surface area contributed by atoms with Crippen molar-refractivity contribution in [1.82, 2.24) is 15.6 Å². The molecule has 31 heavy (non-hydrogen) atoms. The number of amides is 2. The maximum atomic E-state index is 14.0. The number of alkyl carbamates (subject to hydrolysis) is 1. The van der Waals surface area contributed by atoms with Gasteiger partial charge in [-0.15, -0.1) is 0 Å². The van der Waals surface area contributed by atoms with Crippen LogP contribution in [0, 0.1) is 22.5 Å². The summed E-state index contributed by atoms with van der Waals surface area (Å²) in [4.78, 5) is 28.8. The molecule has 6 nitrogen and oxygen atoms in total. The van der Waals surface area contributed by atoms with E-state index in [1.54, 1.807) is 20.8 Å². The highest BCUT2D eigenvalue weighted by Crippen LogP contribution is 2.79. The predicted octanol–water partition coefficient (Wildman–Crippen LogP) is 4.16. The van der Waals surface area contributed by atoms with Crippen LogP contribution < -0.4 is 10.6 Å². The molecule has 2 atom stereocenters. The van der Waals surface area contributed by atoms with Crippen LogP contribution in [0.3, 0.4) is 0 Å². The number of pyridine rings is 1. The Kier molecular flexibility index (Phi) is 5.47. The third-order valence-electron chi connectivity index (χ3n) is 5.81. The molecular formula is C20H24F5N3O3. The monoisotopic (exact) mass is 449 g/mol. The highest BCUT2D eigenvalue weighted by atomic mass is 19.4. The van der Waals surface area contributed by atoms with Crippen LogP contribution in [0.15, 0.2) is 12.3 Å². The van der Waals surface area contributed by atoms with Crippen LogP contribution in [-0.2, 0) is 9.53 Å². The van der Waals surface area contributed by atoms with Gasteiger partial charge in [0.2, 0.25) is 5.91 Å². The number of aromatic nitrogens is 1. The van der Waals surface area contributed by atoms with Gasteiger partial charge in [-0.3, -0.25) is 9.78 Å². The Morgan fingerprint density at radius 1 is 1.13 bits per heavy atom. The number of ether oxygens (including phenoxy) is 1. The number of carbonyl (C=O) groups is 2. The minimum atomic E-state index is -4.39. The molecule has 3 saturated carbocycles. The van der Waals surface area contributed by atoms with Gasteiger partial charge in [0.15, 0.2) is 0 Å². The topological polar surface area (TPSA) is 80.3 Å². The smallest absolute Gasteiger partial charge is 0.408 e. The molecule has 0 aliphatic heterocycles. The van der Waals surface area contributed by atoms with Crippen LogP contribution in [0.25, 0.3) is 0 Å². The second-order valence-electron chi connectivity index (χ2n) is 9.50. The fourth-order valence-electron chi connectivity index (χ4n) is 4.50. The van der Waals surface area contributed by atoms with Crippen molar-refractivity contribution >= 4 is 12.0 Å². The van der Waals surface area contributed by atoms with E-state index < -0.39 is 58.3 Å². The van der Waals surface area contributed by atoms with E-state index in [9.17, 15) is 31.5 Å². The van der Waals surface area contributed by atoms with Crippen molar-refractivity contribution in [3.8, 4) is 0 Å². The molecule has 2 amide bonds. The Bertz CT molecular complexity index is 877. The molecule has 0 radical (unpaired) electrons. The van der Waals surface area contributed by atoms with Gasteiger partial charge in [-0.25, -0.2) is 13.6 Å². The van der Waals surface area contributed by atoms with E-state index in [1.807, 2.05) is 0 Å². The standard InChI is InChI=1S/C20H24F5N3O3/c1-10(13-12(22)5-11(21)6-26-13)27-15(29)14(28-16(30)31-17(2,3)4)18-7-19(8-18,9-18)20(23,24)25/h5-6,10,14H,7-9H2,1-4H3,(H,27,29)(H,28,30)/t10-,14?,18?,19?/m1/s1. The van der Waals surface area contributed by atoms with Crippen molar-refractivity contribution < 1.29 is 36.3 Å². The van der Waals surface area contributed by atoms with Crippen LogP contribution in [0.5, 0.6) is 0 Å². The summed E-state index contributed by atoms with van der Waals surface area (Å²) in [5.41, 5.74) is -4.02. The van der Waals surface area contributed by atoms with Crippen LogP contribution in [0.2, 0.25) is 0 Å². The third-order valence-corrected chi connectivity index (χ3v) is 5.81. The highest BCUT2D eigenvalue weighted by Gasteiger charge is 2.81. The van der Waals surface area contributed by atoms with Gasteiger partial charge in [-0.05, 0) is 47.0 Å². The first-order chi connectivity index (χ1) is 14.1. The largest absolute Gasteiger partial charge is 0.444 e. The molecule has 2 bridgehead atoms. The summed E-state index contributed by atoms with van der Waals surface area (Å²) in [7, 11) is 0. The maximum Gasteiger partial charge on any atom is 0.408 e. The zero-order valence-corrected chi connectivity index (χ0v) is 17.5. The lowest BCUT2D eigenvalue weighted by atomic mass is 9.32. The lowest BCUT2D eigenvalue weighted by Crippen LogP contribution is -2.76. The van der Waals surface area contributed by atoms with Gasteiger partial charge in [-0.1, -0.05) is 0 Å². The molecule has 3 aliphatic carbocycles. The molecule has 1 unspecified atom stereocenters. The van der Waals surface area contributed by atoms with Crippen molar-refractivity contribution in [1.29, 1.82) is 0 Å². The molecule has 1 aromatic heterocycles. The first-order valence-electron chi connectivity index (χ1n) is 9.75. The van der Waals surface area contributed by atoms with Gasteiger partial charge in [0, 0.05) is 11.5 Å². The summed E-state index contributed by atoms with van der Waals surface area (Å²) in [5, 5.41) is 4.85. The van der Waals surface area contributed by atoms with Gasteiger partial charge in [0.25, 0.3) is 0 Å². The van der Waals surface area contributed by atoms with E-state index in [0.717, 1.165) is 6.20 Å². The minimum Gasteiger partial charge on any atom is -0.444 e. The van der Waals surface area contributed by atoms with E-state index in [0.29, 0.717) is 6.07 Å². The number of hydrogen-bond acceptors (Lipinski definition) is 4. The number of hydrogen-bond donors (Lipinski definition) is 2. The van der Waals surface area contributed by atoms with Crippen LogP contribution in [-0.4, -0.2) is 34.8 Å². The summed E-state index contributed by atoms with van der Waals surface area (Å²) in [6.07, 6.45) is -5.45. The van der Waals surface area contributed by atoms with Crippen molar-refractivity contribution in [2.24, 2.45) is 10.8 Å². The molecule has 0 aromatic carbocycles. The molecule has 1 heterocycles. The van der Waals surface area contributed by atoms with E-state index in [1.165, 1.54) is 6.92 Å². The molecule has 3 aliphatic rings. The van der Waals surface area contributed by atoms with E-state index in [4.69, 9.17) is 4.74 Å². The molecule has 172 valence electrons. The Hall–Kier alpha value is -2.46. The first kappa shape index (κ1) is 23.2. The molecule has 0 spiro atoms. The highest BCUT2D eigenvalue weighted by molar-refractivity contribution is 5.87. The van der Waals surface area contributed by atoms with Crippen molar-refractivity contribution in [3.63, 3.8) is 0 Å². The quantitative estimate of drug-likeness (QED) is 0.662. The van der Waals surface area contributed by atoms with Gasteiger partial charge < -0.3 is 15.4 Å². The fraction of sp³-hybridized carbons (Fsp3) is 0.650. The zero-order chi connectivity index (χ0) is 23.4. The zero-order valence-electron chi connectivity index (χ0n) is 17.5. The van der Waals surface area contributed by atoms with Gasteiger partial charge >= 0.3 is 12.3 Å². The molecule has 0 saturated heterocycles. The number of rotatable bonds is 5.